The number of aliphatic hydroxyl groups is 3. The minimum absolute atomic E-state index is 0.0973. The number of allylic oxidation sites excluding steroid dienone is 2. The molecule has 0 bridgehead atoms. The zero-order valence-electron chi connectivity index (χ0n) is 15.8. The molecule has 1 aliphatic heterocycles. The Morgan fingerprint density at radius 3 is 2.24 bits per heavy atom. The molecule has 0 unspecified atom stereocenters. The highest BCUT2D eigenvalue weighted by Gasteiger charge is 2.40. The fourth-order valence-corrected chi connectivity index (χ4v) is 3.09. The van der Waals surface area contributed by atoms with Crippen LogP contribution in [0.1, 0.15) is 71.1 Å². The maximum absolute atomic E-state index is 9.79. The monoisotopic (exact) mass is 358 g/mol. The van der Waals surface area contributed by atoms with Gasteiger partial charge in [0.25, 0.3) is 0 Å². The molecule has 5 nitrogen and oxygen atoms in total. The smallest absolute Gasteiger partial charge is 0.114 e. The van der Waals surface area contributed by atoms with Gasteiger partial charge in [0.1, 0.15) is 24.4 Å². The van der Waals surface area contributed by atoms with E-state index >= 15 is 0 Å². The van der Waals surface area contributed by atoms with Crippen molar-refractivity contribution in [1.82, 2.24) is 0 Å². The summed E-state index contributed by atoms with van der Waals surface area (Å²) in [6.07, 6.45) is 13.6. The van der Waals surface area contributed by atoms with Crippen molar-refractivity contribution in [2.24, 2.45) is 0 Å². The Hall–Kier alpha value is -0.460. The van der Waals surface area contributed by atoms with Crippen molar-refractivity contribution in [2.75, 3.05) is 19.8 Å². The van der Waals surface area contributed by atoms with E-state index in [1.165, 1.54) is 51.4 Å². The van der Waals surface area contributed by atoms with E-state index in [1.807, 2.05) is 0 Å². The minimum atomic E-state index is -0.978. The van der Waals surface area contributed by atoms with Crippen molar-refractivity contribution in [1.29, 1.82) is 0 Å². The number of rotatable bonds is 15. The lowest BCUT2D eigenvalue weighted by Gasteiger charge is -2.24. The Morgan fingerprint density at radius 2 is 1.64 bits per heavy atom. The summed E-state index contributed by atoms with van der Waals surface area (Å²) in [5, 5.41) is 28.7. The molecule has 0 aromatic carbocycles. The van der Waals surface area contributed by atoms with Crippen LogP contribution in [-0.2, 0) is 9.47 Å². The molecular weight excluding hydrogens is 320 g/mol. The zero-order valence-corrected chi connectivity index (χ0v) is 15.8. The van der Waals surface area contributed by atoms with Gasteiger partial charge in [-0.1, -0.05) is 57.6 Å². The van der Waals surface area contributed by atoms with Crippen LogP contribution in [0, 0.1) is 0 Å². The van der Waals surface area contributed by atoms with Crippen LogP contribution in [0.2, 0.25) is 0 Å². The molecule has 1 fully saturated rings. The lowest BCUT2D eigenvalue weighted by Crippen LogP contribution is -2.42. The average molecular weight is 359 g/mol. The fourth-order valence-electron chi connectivity index (χ4n) is 3.09. The standard InChI is InChI=1S/C20H38O5/c1-2-3-4-5-6-7-8-9-10-11-12-13-14-24-18(15-21)20-19(23)17(22)16-25-20/h4-5,17-23H,2-3,6-16H2,1H3/b5-4+/t17-,18+,19+,20+/m1/s1. The molecule has 0 amide bonds. The van der Waals surface area contributed by atoms with Crippen LogP contribution < -0.4 is 0 Å². The third-order valence-electron chi connectivity index (χ3n) is 4.71. The first kappa shape index (κ1) is 22.6. The zero-order chi connectivity index (χ0) is 18.3. The number of aliphatic hydroxyl groups excluding tert-OH is 3. The molecule has 148 valence electrons. The van der Waals surface area contributed by atoms with Crippen LogP contribution in [0.5, 0.6) is 0 Å². The summed E-state index contributed by atoms with van der Waals surface area (Å²) in [5.74, 6) is 0. The second-order valence-electron chi connectivity index (χ2n) is 6.97. The van der Waals surface area contributed by atoms with E-state index in [1.54, 1.807) is 0 Å². The number of hydrogen-bond acceptors (Lipinski definition) is 5. The minimum Gasteiger partial charge on any atom is -0.394 e. The van der Waals surface area contributed by atoms with Crippen molar-refractivity contribution >= 4 is 0 Å². The number of unbranched alkanes of at least 4 members (excludes halogenated alkanes) is 8. The summed E-state index contributed by atoms with van der Waals surface area (Å²) in [7, 11) is 0. The maximum Gasteiger partial charge on any atom is 0.114 e. The summed E-state index contributed by atoms with van der Waals surface area (Å²) in [5.41, 5.74) is 0. The Bertz CT molecular complexity index is 334. The van der Waals surface area contributed by atoms with E-state index in [2.05, 4.69) is 19.1 Å². The Morgan fingerprint density at radius 1 is 1.00 bits per heavy atom. The largest absolute Gasteiger partial charge is 0.394 e. The van der Waals surface area contributed by atoms with Crippen LogP contribution in [-0.4, -0.2) is 59.6 Å². The molecule has 0 aliphatic carbocycles. The van der Waals surface area contributed by atoms with Crippen molar-refractivity contribution in [3.63, 3.8) is 0 Å². The Labute approximate surface area is 153 Å². The summed E-state index contributed by atoms with van der Waals surface area (Å²) in [4.78, 5) is 0. The van der Waals surface area contributed by atoms with E-state index in [4.69, 9.17) is 9.47 Å². The molecule has 0 aromatic rings. The molecular formula is C20H38O5. The summed E-state index contributed by atoms with van der Waals surface area (Å²) in [6.45, 7) is 2.65. The van der Waals surface area contributed by atoms with Crippen LogP contribution in [0.3, 0.4) is 0 Å². The predicted molar refractivity (Wildman–Crippen MR) is 99.6 cm³/mol. The van der Waals surface area contributed by atoms with Crippen molar-refractivity contribution in [3.8, 4) is 0 Å². The summed E-state index contributed by atoms with van der Waals surface area (Å²) < 4.78 is 10.9. The molecule has 1 aliphatic rings. The van der Waals surface area contributed by atoms with E-state index < -0.39 is 24.4 Å². The topological polar surface area (TPSA) is 79.2 Å². The first-order valence-corrected chi connectivity index (χ1v) is 10.1. The molecule has 25 heavy (non-hydrogen) atoms. The van der Waals surface area contributed by atoms with Gasteiger partial charge in [0.2, 0.25) is 0 Å². The van der Waals surface area contributed by atoms with Crippen LogP contribution in [0.4, 0.5) is 0 Å². The van der Waals surface area contributed by atoms with Gasteiger partial charge < -0.3 is 24.8 Å². The second kappa shape index (κ2) is 14.7. The summed E-state index contributed by atoms with van der Waals surface area (Å²) >= 11 is 0. The highest BCUT2D eigenvalue weighted by molar-refractivity contribution is 4.88. The van der Waals surface area contributed by atoms with Gasteiger partial charge in [0, 0.05) is 6.61 Å². The normalized spacial score (nSPS) is 25.0. The van der Waals surface area contributed by atoms with Gasteiger partial charge in [0.05, 0.1) is 13.2 Å². The third-order valence-corrected chi connectivity index (χ3v) is 4.71. The van der Waals surface area contributed by atoms with Gasteiger partial charge >= 0.3 is 0 Å². The van der Waals surface area contributed by atoms with E-state index in [0.29, 0.717) is 6.61 Å². The van der Waals surface area contributed by atoms with E-state index in [-0.39, 0.29) is 13.2 Å². The quantitative estimate of drug-likeness (QED) is 0.310. The van der Waals surface area contributed by atoms with Crippen molar-refractivity contribution < 1.29 is 24.8 Å². The molecule has 1 saturated heterocycles. The fraction of sp³-hybridized carbons (Fsp3) is 0.900. The van der Waals surface area contributed by atoms with Crippen molar-refractivity contribution in [2.45, 2.75) is 95.5 Å². The third kappa shape index (κ3) is 9.71. The molecule has 4 atom stereocenters. The van der Waals surface area contributed by atoms with E-state index in [0.717, 1.165) is 12.8 Å². The molecule has 0 spiro atoms. The molecule has 0 radical (unpaired) electrons. The number of hydrogen-bond donors (Lipinski definition) is 3. The Balaban J connectivity index is 1.92. The molecule has 1 rings (SSSR count). The van der Waals surface area contributed by atoms with Gasteiger partial charge in [-0.05, 0) is 25.7 Å². The van der Waals surface area contributed by atoms with E-state index in [9.17, 15) is 15.3 Å². The van der Waals surface area contributed by atoms with Gasteiger partial charge in [-0.2, -0.15) is 0 Å². The SMILES string of the molecule is CCC/C=C/CCCCCCCCCO[C@@H](CO)[C@@H]1OC[C@@H](O)[C@@H]1O. The molecule has 1 heterocycles. The molecule has 3 N–H and O–H groups in total. The highest BCUT2D eigenvalue weighted by Crippen LogP contribution is 2.20. The summed E-state index contributed by atoms with van der Waals surface area (Å²) in [6, 6.07) is 0. The second-order valence-corrected chi connectivity index (χ2v) is 6.97. The first-order valence-electron chi connectivity index (χ1n) is 10.1. The Kier molecular flexibility index (Phi) is 13.3. The average Bonchev–Trinajstić information content (AvgIpc) is 2.95. The van der Waals surface area contributed by atoms with Crippen molar-refractivity contribution in [3.05, 3.63) is 12.2 Å². The van der Waals surface area contributed by atoms with Crippen LogP contribution in [0.25, 0.3) is 0 Å². The molecule has 0 saturated carbocycles. The first-order chi connectivity index (χ1) is 12.2. The predicted octanol–water partition coefficient (Wildman–Crippen LogP) is 2.96. The highest BCUT2D eigenvalue weighted by atomic mass is 16.6. The van der Waals surface area contributed by atoms with Gasteiger partial charge in [-0.3, -0.25) is 0 Å². The lowest BCUT2D eigenvalue weighted by atomic mass is 10.1. The molecule has 5 heteroatoms. The van der Waals surface area contributed by atoms with Gasteiger partial charge in [-0.15, -0.1) is 0 Å². The maximum atomic E-state index is 9.79. The van der Waals surface area contributed by atoms with Gasteiger partial charge in [0.15, 0.2) is 0 Å². The molecule has 0 aromatic heterocycles. The lowest BCUT2D eigenvalue weighted by molar-refractivity contribution is -0.101. The van der Waals surface area contributed by atoms with Crippen LogP contribution >= 0.6 is 0 Å². The van der Waals surface area contributed by atoms with Crippen LogP contribution in [0.15, 0.2) is 12.2 Å². The van der Waals surface area contributed by atoms with Gasteiger partial charge in [-0.25, -0.2) is 0 Å². The number of ether oxygens (including phenoxy) is 2.